The molecular weight excluding hydrogens is 392 g/mol. The van der Waals surface area contributed by atoms with Crippen LogP contribution in [0.2, 0.25) is 5.02 Å². The third kappa shape index (κ3) is 3.39. The van der Waals surface area contributed by atoms with Gasteiger partial charge < -0.3 is 10.2 Å². The predicted molar refractivity (Wildman–Crippen MR) is 114 cm³/mol. The molecule has 0 fully saturated rings. The molecule has 0 aliphatic carbocycles. The summed E-state index contributed by atoms with van der Waals surface area (Å²) in [4.78, 5) is 29.1. The van der Waals surface area contributed by atoms with E-state index in [1.165, 1.54) is 11.8 Å². The van der Waals surface area contributed by atoms with E-state index >= 15 is 0 Å². The van der Waals surface area contributed by atoms with E-state index in [1.807, 2.05) is 43.3 Å². The van der Waals surface area contributed by atoms with E-state index in [0.29, 0.717) is 28.4 Å². The molecule has 4 rings (SSSR count). The molecule has 0 radical (unpaired) electrons. The normalized spacial score (nSPS) is 12.8. The molecule has 0 unspecified atom stereocenters. The molecule has 2 amide bonds. The molecule has 3 aromatic carbocycles. The van der Waals surface area contributed by atoms with Crippen LogP contribution in [0.1, 0.15) is 27.6 Å². The minimum Gasteiger partial charge on any atom is -0.322 e. The number of benzene rings is 3. The van der Waals surface area contributed by atoms with Gasteiger partial charge in [0.05, 0.1) is 21.8 Å². The van der Waals surface area contributed by atoms with Crippen LogP contribution in [-0.2, 0) is 0 Å². The fourth-order valence-electron chi connectivity index (χ4n) is 3.16. The van der Waals surface area contributed by atoms with Crippen molar-refractivity contribution in [2.45, 2.75) is 16.7 Å². The van der Waals surface area contributed by atoms with Crippen LogP contribution in [0.3, 0.4) is 0 Å². The highest BCUT2D eigenvalue weighted by Gasteiger charge is 2.26. The van der Waals surface area contributed by atoms with E-state index in [1.54, 1.807) is 35.2 Å². The molecule has 0 aromatic heterocycles. The lowest BCUT2D eigenvalue weighted by Gasteiger charge is -2.21. The SMILES string of the molecule is CCN1C(=O)c2ccccc2Sc2cc(NC(=O)c3ccccc3Cl)ccc21. The largest absolute Gasteiger partial charge is 0.322 e. The molecule has 28 heavy (non-hydrogen) atoms. The van der Waals surface area contributed by atoms with E-state index in [9.17, 15) is 9.59 Å². The number of carbonyl (C=O) groups is 2. The number of hydrogen-bond acceptors (Lipinski definition) is 3. The lowest BCUT2D eigenvalue weighted by atomic mass is 10.1. The minimum atomic E-state index is -0.270. The Balaban J connectivity index is 1.70. The summed E-state index contributed by atoms with van der Waals surface area (Å²) < 4.78 is 0. The smallest absolute Gasteiger partial charge is 0.259 e. The van der Waals surface area contributed by atoms with Crippen LogP contribution in [0.25, 0.3) is 0 Å². The Morgan fingerprint density at radius 2 is 1.79 bits per heavy atom. The zero-order chi connectivity index (χ0) is 19.7. The third-order valence-electron chi connectivity index (χ3n) is 4.53. The number of nitrogens with one attached hydrogen (secondary N) is 1. The summed E-state index contributed by atoms with van der Waals surface area (Å²) in [6.07, 6.45) is 0. The lowest BCUT2D eigenvalue weighted by Crippen LogP contribution is -2.30. The number of nitrogens with zero attached hydrogens (tertiary/aromatic N) is 1. The molecule has 0 spiro atoms. The topological polar surface area (TPSA) is 49.4 Å². The van der Waals surface area contributed by atoms with Crippen molar-refractivity contribution in [1.82, 2.24) is 0 Å². The van der Waals surface area contributed by atoms with E-state index in [0.717, 1.165) is 15.5 Å². The molecule has 1 aliphatic rings. The van der Waals surface area contributed by atoms with Crippen molar-refractivity contribution in [2.24, 2.45) is 0 Å². The first-order valence-corrected chi connectivity index (χ1v) is 10.1. The number of halogens is 1. The zero-order valence-electron chi connectivity index (χ0n) is 15.1. The number of rotatable bonds is 3. The van der Waals surface area contributed by atoms with Crippen molar-refractivity contribution in [1.29, 1.82) is 0 Å². The summed E-state index contributed by atoms with van der Waals surface area (Å²) >= 11 is 7.65. The minimum absolute atomic E-state index is 0.0165. The Labute approximate surface area is 172 Å². The van der Waals surface area contributed by atoms with Gasteiger partial charge in [0.2, 0.25) is 0 Å². The predicted octanol–water partition coefficient (Wildman–Crippen LogP) is 5.72. The van der Waals surface area contributed by atoms with Gasteiger partial charge in [0.25, 0.3) is 11.8 Å². The van der Waals surface area contributed by atoms with Crippen molar-refractivity contribution < 1.29 is 9.59 Å². The number of anilines is 2. The van der Waals surface area contributed by atoms with Crippen LogP contribution in [0.15, 0.2) is 76.5 Å². The summed E-state index contributed by atoms with van der Waals surface area (Å²) in [6, 6.07) is 20.1. The second-order valence-electron chi connectivity index (χ2n) is 6.26. The van der Waals surface area contributed by atoms with Crippen molar-refractivity contribution in [3.8, 4) is 0 Å². The van der Waals surface area contributed by atoms with Gasteiger partial charge in [0, 0.05) is 22.0 Å². The Kier molecular flexibility index (Phi) is 5.11. The maximum Gasteiger partial charge on any atom is 0.259 e. The van der Waals surface area contributed by atoms with Crippen LogP contribution >= 0.6 is 23.4 Å². The summed E-state index contributed by atoms with van der Waals surface area (Å²) in [6.45, 7) is 2.51. The van der Waals surface area contributed by atoms with Gasteiger partial charge in [0.15, 0.2) is 0 Å². The summed E-state index contributed by atoms with van der Waals surface area (Å²) in [5.41, 5.74) is 2.60. The van der Waals surface area contributed by atoms with Gasteiger partial charge >= 0.3 is 0 Å². The van der Waals surface area contributed by atoms with Gasteiger partial charge in [-0.1, -0.05) is 47.6 Å². The monoisotopic (exact) mass is 408 g/mol. The number of hydrogen-bond donors (Lipinski definition) is 1. The fraction of sp³-hybridized carbons (Fsp3) is 0.0909. The standard InChI is InChI=1S/C22H17ClN2O2S/c1-2-25-18-12-11-14(24-21(26)15-7-3-5-9-17(15)23)13-20(18)28-19-10-6-4-8-16(19)22(25)27/h3-13H,2H2,1H3,(H,24,26). The average molecular weight is 409 g/mol. The Morgan fingerprint density at radius 1 is 1.04 bits per heavy atom. The molecule has 0 saturated heterocycles. The molecule has 1 N–H and O–H groups in total. The van der Waals surface area contributed by atoms with Crippen LogP contribution in [0.4, 0.5) is 11.4 Å². The molecule has 4 nitrogen and oxygen atoms in total. The maximum atomic E-state index is 12.9. The van der Waals surface area contributed by atoms with Gasteiger partial charge in [-0.25, -0.2) is 0 Å². The van der Waals surface area contributed by atoms with E-state index < -0.39 is 0 Å². The quantitative estimate of drug-likeness (QED) is 0.602. The Bertz CT molecular complexity index is 1080. The van der Waals surface area contributed by atoms with E-state index in [4.69, 9.17) is 11.6 Å². The highest BCUT2D eigenvalue weighted by molar-refractivity contribution is 7.99. The Morgan fingerprint density at radius 3 is 2.57 bits per heavy atom. The molecule has 1 heterocycles. The van der Waals surface area contributed by atoms with Gasteiger partial charge in [-0.15, -0.1) is 0 Å². The van der Waals surface area contributed by atoms with Crippen LogP contribution in [0.5, 0.6) is 0 Å². The second-order valence-corrected chi connectivity index (χ2v) is 7.76. The number of fused-ring (bicyclic) bond motifs is 2. The van der Waals surface area contributed by atoms with Crippen LogP contribution in [-0.4, -0.2) is 18.4 Å². The second kappa shape index (κ2) is 7.70. The molecule has 6 heteroatoms. The average Bonchev–Trinajstić information content (AvgIpc) is 2.81. The molecule has 140 valence electrons. The first-order chi connectivity index (χ1) is 13.6. The molecule has 3 aromatic rings. The summed E-state index contributed by atoms with van der Waals surface area (Å²) in [5.74, 6) is -0.287. The lowest BCUT2D eigenvalue weighted by molar-refractivity contribution is 0.0983. The summed E-state index contributed by atoms with van der Waals surface area (Å²) in [5, 5.41) is 3.30. The van der Waals surface area contributed by atoms with Crippen molar-refractivity contribution in [2.75, 3.05) is 16.8 Å². The van der Waals surface area contributed by atoms with Crippen molar-refractivity contribution >= 4 is 46.6 Å². The first-order valence-electron chi connectivity index (χ1n) is 8.87. The Hall–Kier alpha value is -2.76. The molecule has 1 aliphatic heterocycles. The van der Waals surface area contributed by atoms with Crippen molar-refractivity contribution in [3.63, 3.8) is 0 Å². The van der Waals surface area contributed by atoms with E-state index in [-0.39, 0.29) is 11.8 Å². The van der Waals surface area contributed by atoms with Crippen LogP contribution < -0.4 is 10.2 Å². The zero-order valence-corrected chi connectivity index (χ0v) is 16.7. The highest BCUT2D eigenvalue weighted by Crippen LogP contribution is 2.42. The molecule has 0 atom stereocenters. The molecule has 0 saturated carbocycles. The fourth-order valence-corrected chi connectivity index (χ4v) is 4.50. The van der Waals surface area contributed by atoms with Crippen molar-refractivity contribution in [3.05, 3.63) is 82.9 Å². The first kappa shape index (κ1) is 18.6. The van der Waals surface area contributed by atoms with Gasteiger partial charge in [0.1, 0.15) is 0 Å². The highest BCUT2D eigenvalue weighted by atomic mass is 35.5. The van der Waals surface area contributed by atoms with Gasteiger partial charge in [-0.3, -0.25) is 9.59 Å². The number of amides is 2. The number of carbonyl (C=O) groups excluding carboxylic acids is 2. The molecule has 0 bridgehead atoms. The molecular formula is C22H17ClN2O2S. The van der Waals surface area contributed by atoms with Gasteiger partial charge in [-0.2, -0.15) is 0 Å². The van der Waals surface area contributed by atoms with Gasteiger partial charge in [-0.05, 0) is 49.4 Å². The van der Waals surface area contributed by atoms with Crippen LogP contribution in [0, 0.1) is 0 Å². The third-order valence-corrected chi connectivity index (χ3v) is 5.98. The summed E-state index contributed by atoms with van der Waals surface area (Å²) in [7, 11) is 0. The maximum absolute atomic E-state index is 12.9. The van der Waals surface area contributed by atoms with E-state index in [2.05, 4.69) is 5.32 Å².